The second-order valence-electron chi connectivity index (χ2n) is 12.2. The molecular formula is C32H40N6O3. The Balaban J connectivity index is 1.37. The molecule has 3 aromatic rings. The Hall–Kier alpha value is -3.98. The molecule has 2 saturated heterocycles. The Kier molecular flexibility index (Phi) is 8.26. The Morgan fingerprint density at radius 3 is 2.39 bits per heavy atom. The van der Waals surface area contributed by atoms with Gasteiger partial charge in [-0.1, -0.05) is 50.6 Å². The van der Waals surface area contributed by atoms with E-state index in [4.69, 9.17) is 5.10 Å². The summed E-state index contributed by atoms with van der Waals surface area (Å²) in [5.41, 5.74) is 4.11. The SMILES string of the molecule is Cc1ccc(-n2nc(C(C)(C)C)cc2NC(=O)Nc2cccc(C(C(=O)C3CCC(=O)N3)C3CCNCC3)c2)cc1. The highest BCUT2D eigenvalue weighted by molar-refractivity contribution is 6.00. The summed E-state index contributed by atoms with van der Waals surface area (Å²) >= 11 is 0. The van der Waals surface area contributed by atoms with Gasteiger partial charge in [-0.2, -0.15) is 5.10 Å². The number of aryl methyl sites for hydroxylation is 1. The van der Waals surface area contributed by atoms with E-state index in [2.05, 4.69) is 42.0 Å². The van der Waals surface area contributed by atoms with Crippen LogP contribution in [0, 0.1) is 12.8 Å². The molecule has 0 aliphatic carbocycles. The van der Waals surface area contributed by atoms with Crippen LogP contribution in [0.3, 0.4) is 0 Å². The summed E-state index contributed by atoms with van der Waals surface area (Å²) < 4.78 is 1.75. The fourth-order valence-corrected chi connectivity index (χ4v) is 5.70. The highest BCUT2D eigenvalue weighted by Crippen LogP contribution is 2.35. The molecule has 41 heavy (non-hydrogen) atoms. The first-order chi connectivity index (χ1) is 19.6. The molecule has 0 spiro atoms. The van der Waals surface area contributed by atoms with Crippen LogP contribution in [0.4, 0.5) is 16.3 Å². The standard InChI is InChI=1S/C32H40N6O3/c1-20-8-10-24(11-9-20)38-27(19-26(37-38)32(2,3)4)36-31(41)34-23-7-5-6-22(18-23)29(21-14-16-33-17-15-21)30(40)25-12-13-28(39)35-25/h5-11,18-19,21,25,29,33H,12-17H2,1-4H3,(H,35,39)(H2,34,36,41). The van der Waals surface area contributed by atoms with Gasteiger partial charge in [-0.3, -0.25) is 14.9 Å². The lowest BCUT2D eigenvalue weighted by atomic mass is 9.76. The summed E-state index contributed by atoms with van der Waals surface area (Å²) in [4.78, 5) is 38.8. The van der Waals surface area contributed by atoms with E-state index in [0.717, 1.165) is 48.4 Å². The van der Waals surface area contributed by atoms with Crippen LogP contribution in [0.25, 0.3) is 5.69 Å². The number of hydrogen-bond acceptors (Lipinski definition) is 5. The fraction of sp³-hybridized carbons (Fsp3) is 0.438. The molecule has 3 heterocycles. The van der Waals surface area contributed by atoms with E-state index in [9.17, 15) is 14.4 Å². The second-order valence-corrected chi connectivity index (χ2v) is 12.2. The molecule has 5 rings (SSSR count). The van der Waals surface area contributed by atoms with Crippen LogP contribution in [-0.4, -0.2) is 46.6 Å². The van der Waals surface area contributed by atoms with Crippen LogP contribution in [0.1, 0.15) is 69.2 Å². The van der Waals surface area contributed by atoms with E-state index in [-0.39, 0.29) is 28.9 Å². The third-order valence-electron chi connectivity index (χ3n) is 8.00. The third kappa shape index (κ3) is 6.68. The number of piperidine rings is 1. The van der Waals surface area contributed by atoms with Crippen molar-refractivity contribution < 1.29 is 14.4 Å². The van der Waals surface area contributed by atoms with Crippen molar-refractivity contribution in [1.82, 2.24) is 20.4 Å². The largest absolute Gasteiger partial charge is 0.346 e. The minimum absolute atomic E-state index is 0.0565. The predicted molar refractivity (Wildman–Crippen MR) is 161 cm³/mol. The van der Waals surface area contributed by atoms with Crippen LogP contribution in [0.5, 0.6) is 0 Å². The number of urea groups is 1. The number of Topliss-reactive ketones (excluding diaryl/α,β-unsaturated/α-hetero) is 1. The van der Waals surface area contributed by atoms with Crippen molar-refractivity contribution in [3.63, 3.8) is 0 Å². The van der Waals surface area contributed by atoms with Gasteiger partial charge in [0.2, 0.25) is 5.91 Å². The maximum Gasteiger partial charge on any atom is 0.324 e. The van der Waals surface area contributed by atoms with Crippen molar-refractivity contribution in [3.05, 3.63) is 71.4 Å². The number of carbonyl (C=O) groups excluding carboxylic acids is 3. The van der Waals surface area contributed by atoms with Crippen LogP contribution in [0.15, 0.2) is 54.6 Å². The highest BCUT2D eigenvalue weighted by atomic mass is 16.2. The molecule has 0 bridgehead atoms. The Morgan fingerprint density at radius 2 is 1.73 bits per heavy atom. The van der Waals surface area contributed by atoms with E-state index < -0.39 is 12.1 Å². The Morgan fingerprint density at radius 1 is 1.00 bits per heavy atom. The predicted octanol–water partition coefficient (Wildman–Crippen LogP) is 5.05. The highest BCUT2D eigenvalue weighted by Gasteiger charge is 2.37. The van der Waals surface area contributed by atoms with Crippen molar-refractivity contribution in [2.75, 3.05) is 23.7 Å². The van der Waals surface area contributed by atoms with Crippen LogP contribution in [0.2, 0.25) is 0 Å². The number of benzene rings is 2. The molecule has 1 aromatic heterocycles. The topological polar surface area (TPSA) is 117 Å². The van der Waals surface area contributed by atoms with Gasteiger partial charge in [0.25, 0.3) is 0 Å². The summed E-state index contributed by atoms with van der Waals surface area (Å²) in [5, 5.41) is 17.0. The van der Waals surface area contributed by atoms with Gasteiger partial charge in [-0.25, -0.2) is 9.48 Å². The van der Waals surface area contributed by atoms with E-state index in [0.29, 0.717) is 24.3 Å². The molecule has 2 atom stereocenters. The minimum Gasteiger partial charge on any atom is -0.346 e. The zero-order chi connectivity index (χ0) is 29.1. The quantitative estimate of drug-likeness (QED) is 0.325. The van der Waals surface area contributed by atoms with E-state index in [1.807, 2.05) is 61.5 Å². The number of carbonyl (C=O) groups is 3. The van der Waals surface area contributed by atoms with Gasteiger partial charge in [0.1, 0.15) is 5.82 Å². The number of rotatable bonds is 7. The van der Waals surface area contributed by atoms with Crippen LogP contribution < -0.4 is 21.3 Å². The lowest BCUT2D eigenvalue weighted by Gasteiger charge is -2.32. The summed E-state index contributed by atoms with van der Waals surface area (Å²) in [6.07, 6.45) is 2.68. The van der Waals surface area contributed by atoms with Crippen molar-refractivity contribution >= 4 is 29.2 Å². The van der Waals surface area contributed by atoms with Gasteiger partial charge in [0.15, 0.2) is 5.78 Å². The monoisotopic (exact) mass is 556 g/mol. The van der Waals surface area contributed by atoms with Crippen LogP contribution in [-0.2, 0) is 15.0 Å². The zero-order valence-electron chi connectivity index (χ0n) is 24.3. The molecular weight excluding hydrogens is 516 g/mol. The number of hydrogen-bond donors (Lipinski definition) is 4. The lowest BCUT2D eigenvalue weighted by molar-refractivity contribution is -0.126. The van der Waals surface area contributed by atoms with Gasteiger partial charge in [0, 0.05) is 29.5 Å². The number of nitrogens with zero attached hydrogens (tertiary/aromatic N) is 2. The molecule has 9 nitrogen and oxygen atoms in total. The third-order valence-corrected chi connectivity index (χ3v) is 8.00. The van der Waals surface area contributed by atoms with Crippen LogP contribution >= 0.6 is 0 Å². The molecule has 2 aliphatic rings. The first-order valence-corrected chi connectivity index (χ1v) is 14.5. The normalized spacial score (nSPS) is 18.5. The van der Waals surface area contributed by atoms with Gasteiger partial charge >= 0.3 is 6.03 Å². The average Bonchev–Trinajstić information content (AvgIpc) is 3.57. The molecule has 0 saturated carbocycles. The molecule has 0 radical (unpaired) electrons. The molecule has 9 heteroatoms. The number of amides is 3. The Labute approximate surface area is 241 Å². The Bertz CT molecular complexity index is 1420. The first-order valence-electron chi connectivity index (χ1n) is 14.5. The van der Waals surface area contributed by atoms with E-state index >= 15 is 0 Å². The van der Waals surface area contributed by atoms with Crippen molar-refractivity contribution in [2.24, 2.45) is 5.92 Å². The maximum absolute atomic E-state index is 13.7. The first kappa shape index (κ1) is 28.5. The minimum atomic E-state index is -0.457. The van der Waals surface area contributed by atoms with E-state index in [1.165, 1.54) is 0 Å². The fourth-order valence-electron chi connectivity index (χ4n) is 5.70. The molecule has 2 unspecified atom stereocenters. The summed E-state index contributed by atoms with van der Waals surface area (Å²) in [6.45, 7) is 10.00. The summed E-state index contributed by atoms with van der Waals surface area (Å²) in [6, 6.07) is 16.6. The second kappa shape index (κ2) is 11.9. The summed E-state index contributed by atoms with van der Waals surface area (Å²) in [7, 11) is 0. The zero-order valence-corrected chi connectivity index (χ0v) is 24.3. The van der Waals surface area contributed by atoms with Gasteiger partial charge in [0.05, 0.1) is 17.4 Å². The van der Waals surface area contributed by atoms with E-state index in [1.54, 1.807) is 4.68 Å². The number of nitrogens with one attached hydrogen (secondary N) is 4. The maximum atomic E-state index is 13.7. The molecule has 216 valence electrons. The van der Waals surface area contributed by atoms with Gasteiger partial charge in [-0.05, 0) is 75.0 Å². The smallest absolute Gasteiger partial charge is 0.324 e. The number of aromatic nitrogens is 2. The van der Waals surface area contributed by atoms with Gasteiger partial charge in [-0.15, -0.1) is 0 Å². The number of ketones is 1. The van der Waals surface area contributed by atoms with Crippen molar-refractivity contribution in [1.29, 1.82) is 0 Å². The number of anilines is 2. The van der Waals surface area contributed by atoms with Crippen molar-refractivity contribution in [3.8, 4) is 5.69 Å². The lowest BCUT2D eigenvalue weighted by Crippen LogP contribution is -2.41. The van der Waals surface area contributed by atoms with Gasteiger partial charge < -0.3 is 16.0 Å². The molecule has 3 amide bonds. The van der Waals surface area contributed by atoms with Crippen molar-refractivity contribution in [2.45, 2.75) is 70.8 Å². The average molecular weight is 557 g/mol. The molecule has 2 fully saturated rings. The molecule has 2 aromatic carbocycles. The molecule has 2 aliphatic heterocycles. The summed E-state index contributed by atoms with van der Waals surface area (Å²) in [5.74, 6) is 0.375. The molecule has 4 N–H and O–H groups in total.